The summed E-state index contributed by atoms with van der Waals surface area (Å²) in [5.41, 5.74) is 2.63. The maximum atomic E-state index is 12.7. The van der Waals surface area contributed by atoms with Crippen molar-refractivity contribution in [2.75, 3.05) is 6.61 Å². The number of H-pyrrole nitrogens is 1. The van der Waals surface area contributed by atoms with E-state index >= 15 is 0 Å². The van der Waals surface area contributed by atoms with Crippen LogP contribution < -0.4 is 10.1 Å². The standard InChI is InChI=1S/C18H14F3N3O2/c19-18(20,21)17-23-13-3-2-12(8-14(13)24-17)16(25)22-9-10-1-4-15-11(7-10)5-6-26-15/h1-4,7-8H,5-6,9H2,(H,22,25)(H,23,24). The minimum absolute atomic E-state index is 0.160. The third-order valence-corrected chi connectivity index (χ3v) is 4.22. The number of rotatable bonds is 3. The second-order valence-corrected chi connectivity index (χ2v) is 6.04. The molecule has 0 bridgehead atoms. The van der Waals surface area contributed by atoms with E-state index in [9.17, 15) is 18.0 Å². The average Bonchev–Trinajstić information content (AvgIpc) is 3.24. The molecule has 0 unspecified atom stereocenters. The van der Waals surface area contributed by atoms with Crippen LogP contribution in [0.2, 0.25) is 0 Å². The van der Waals surface area contributed by atoms with Crippen molar-refractivity contribution < 1.29 is 22.7 Å². The van der Waals surface area contributed by atoms with Gasteiger partial charge in [-0.2, -0.15) is 13.2 Å². The van der Waals surface area contributed by atoms with Crippen LogP contribution in [0.15, 0.2) is 36.4 Å². The molecule has 1 aliphatic rings. The van der Waals surface area contributed by atoms with Crippen LogP contribution in [0.25, 0.3) is 11.0 Å². The number of amides is 1. The SMILES string of the molecule is O=C(NCc1ccc2c(c1)CCO2)c1ccc2nc(C(F)(F)F)[nH]c2c1. The zero-order chi connectivity index (χ0) is 18.3. The third kappa shape index (κ3) is 3.10. The van der Waals surface area contributed by atoms with Crippen LogP contribution in [0, 0.1) is 0 Å². The summed E-state index contributed by atoms with van der Waals surface area (Å²) in [7, 11) is 0. The van der Waals surface area contributed by atoms with Crippen LogP contribution in [0.5, 0.6) is 5.75 Å². The third-order valence-electron chi connectivity index (χ3n) is 4.22. The minimum Gasteiger partial charge on any atom is -0.493 e. The van der Waals surface area contributed by atoms with Crippen molar-refractivity contribution in [3.63, 3.8) is 0 Å². The van der Waals surface area contributed by atoms with Crippen molar-refractivity contribution in [3.05, 3.63) is 58.9 Å². The lowest BCUT2D eigenvalue weighted by Gasteiger charge is -2.07. The predicted molar refractivity (Wildman–Crippen MR) is 87.9 cm³/mol. The fraction of sp³-hybridized carbons (Fsp3) is 0.222. The Balaban J connectivity index is 1.49. The Kier molecular flexibility index (Phi) is 3.82. The maximum Gasteiger partial charge on any atom is 0.449 e. The van der Waals surface area contributed by atoms with Gasteiger partial charge in [-0.25, -0.2) is 4.98 Å². The number of nitrogens with zero attached hydrogens (tertiary/aromatic N) is 1. The van der Waals surface area contributed by atoms with Gasteiger partial charge in [0, 0.05) is 18.5 Å². The molecule has 4 rings (SSSR count). The van der Waals surface area contributed by atoms with Crippen molar-refractivity contribution in [1.29, 1.82) is 0 Å². The van der Waals surface area contributed by atoms with Crippen LogP contribution in [0.3, 0.4) is 0 Å². The first-order chi connectivity index (χ1) is 12.4. The van der Waals surface area contributed by atoms with Gasteiger partial charge >= 0.3 is 6.18 Å². The van der Waals surface area contributed by atoms with E-state index in [2.05, 4.69) is 15.3 Å². The summed E-state index contributed by atoms with van der Waals surface area (Å²) < 4.78 is 43.6. The number of alkyl halides is 3. The molecule has 3 aromatic rings. The van der Waals surface area contributed by atoms with Gasteiger partial charge in [0.05, 0.1) is 17.6 Å². The van der Waals surface area contributed by atoms with Crippen molar-refractivity contribution in [3.8, 4) is 5.75 Å². The molecular weight excluding hydrogens is 347 g/mol. The van der Waals surface area contributed by atoms with E-state index in [-0.39, 0.29) is 22.5 Å². The van der Waals surface area contributed by atoms with Gasteiger partial charge in [-0.05, 0) is 35.4 Å². The monoisotopic (exact) mass is 361 g/mol. The number of halogens is 3. The first kappa shape index (κ1) is 16.4. The first-order valence-corrected chi connectivity index (χ1v) is 8.00. The Hall–Kier alpha value is -3.03. The number of aromatic amines is 1. The number of ether oxygens (including phenoxy) is 1. The molecule has 1 amide bonds. The normalized spacial score (nSPS) is 13.5. The molecule has 2 heterocycles. The van der Waals surface area contributed by atoms with E-state index in [1.54, 1.807) is 0 Å². The van der Waals surface area contributed by atoms with E-state index in [4.69, 9.17) is 4.74 Å². The van der Waals surface area contributed by atoms with Crippen molar-refractivity contribution in [2.24, 2.45) is 0 Å². The molecule has 1 aromatic heterocycles. The van der Waals surface area contributed by atoms with Crippen LogP contribution >= 0.6 is 0 Å². The summed E-state index contributed by atoms with van der Waals surface area (Å²) in [6.07, 6.45) is -3.71. The summed E-state index contributed by atoms with van der Waals surface area (Å²) >= 11 is 0. The topological polar surface area (TPSA) is 67.0 Å². The Morgan fingerprint density at radius 1 is 1.23 bits per heavy atom. The lowest BCUT2D eigenvalue weighted by molar-refractivity contribution is -0.144. The van der Waals surface area contributed by atoms with Crippen LogP contribution in [0.4, 0.5) is 13.2 Å². The lowest BCUT2D eigenvalue weighted by Crippen LogP contribution is -2.22. The van der Waals surface area contributed by atoms with E-state index in [0.29, 0.717) is 13.2 Å². The fourth-order valence-electron chi connectivity index (χ4n) is 2.92. The van der Waals surface area contributed by atoms with E-state index < -0.39 is 12.0 Å². The molecule has 2 aromatic carbocycles. The van der Waals surface area contributed by atoms with E-state index in [1.807, 2.05) is 18.2 Å². The highest BCUT2D eigenvalue weighted by Gasteiger charge is 2.34. The molecule has 134 valence electrons. The zero-order valence-electron chi connectivity index (χ0n) is 13.5. The van der Waals surface area contributed by atoms with Gasteiger partial charge in [0.1, 0.15) is 5.75 Å². The summed E-state index contributed by atoms with van der Waals surface area (Å²) in [5.74, 6) is -0.581. The molecule has 0 spiro atoms. The molecule has 5 nitrogen and oxygen atoms in total. The van der Waals surface area contributed by atoms with Gasteiger partial charge in [0.15, 0.2) is 0 Å². The number of benzene rings is 2. The van der Waals surface area contributed by atoms with Gasteiger partial charge < -0.3 is 15.0 Å². The molecule has 0 fully saturated rings. The number of hydrogen-bond acceptors (Lipinski definition) is 3. The van der Waals surface area contributed by atoms with E-state index in [0.717, 1.165) is 23.3 Å². The Morgan fingerprint density at radius 2 is 2.08 bits per heavy atom. The van der Waals surface area contributed by atoms with Crippen LogP contribution in [-0.4, -0.2) is 22.5 Å². The molecule has 2 N–H and O–H groups in total. The highest BCUT2D eigenvalue weighted by Crippen LogP contribution is 2.29. The molecule has 0 aliphatic carbocycles. The maximum absolute atomic E-state index is 12.7. The molecule has 0 saturated carbocycles. The first-order valence-electron chi connectivity index (χ1n) is 8.00. The van der Waals surface area contributed by atoms with Gasteiger partial charge in [-0.3, -0.25) is 4.79 Å². The fourth-order valence-corrected chi connectivity index (χ4v) is 2.92. The molecule has 8 heteroatoms. The second kappa shape index (κ2) is 6.05. The second-order valence-electron chi connectivity index (χ2n) is 6.04. The largest absolute Gasteiger partial charge is 0.493 e. The molecule has 1 aliphatic heterocycles. The highest BCUT2D eigenvalue weighted by molar-refractivity contribution is 5.97. The van der Waals surface area contributed by atoms with Crippen molar-refractivity contribution in [1.82, 2.24) is 15.3 Å². The smallest absolute Gasteiger partial charge is 0.449 e. The molecular formula is C18H14F3N3O2. The number of hydrogen-bond donors (Lipinski definition) is 2. The van der Waals surface area contributed by atoms with Gasteiger partial charge in [0.2, 0.25) is 5.82 Å². The quantitative estimate of drug-likeness (QED) is 0.751. The molecule has 26 heavy (non-hydrogen) atoms. The van der Waals surface area contributed by atoms with Gasteiger partial charge in [-0.1, -0.05) is 12.1 Å². The lowest BCUT2D eigenvalue weighted by atomic mass is 10.1. The summed E-state index contributed by atoms with van der Waals surface area (Å²) in [5, 5.41) is 2.77. The Morgan fingerprint density at radius 3 is 2.88 bits per heavy atom. The summed E-state index contributed by atoms with van der Waals surface area (Å²) in [6.45, 7) is 0.982. The van der Waals surface area contributed by atoms with Crippen LogP contribution in [0.1, 0.15) is 27.3 Å². The number of carbonyl (C=O) groups excluding carboxylic acids is 1. The predicted octanol–water partition coefficient (Wildman–Crippen LogP) is 3.45. The number of carbonyl (C=O) groups is 1. The number of nitrogens with one attached hydrogen (secondary N) is 2. The molecule has 0 saturated heterocycles. The van der Waals surface area contributed by atoms with Gasteiger partial charge in [-0.15, -0.1) is 0 Å². The van der Waals surface area contributed by atoms with Gasteiger partial charge in [0.25, 0.3) is 5.91 Å². The Labute approximate surface area is 146 Å². The minimum atomic E-state index is -4.56. The Bertz CT molecular complexity index is 995. The average molecular weight is 361 g/mol. The summed E-state index contributed by atoms with van der Waals surface area (Å²) in [6, 6.07) is 9.94. The zero-order valence-corrected chi connectivity index (χ0v) is 13.5. The van der Waals surface area contributed by atoms with E-state index in [1.165, 1.54) is 18.2 Å². The van der Waals surface area contributed by atoms with Crippen molar-refractivity contribution in [2.45, 2.75) is 19.1 Å². The highest BCUT2D eigenvalue weighted by atomic mass is 19.4. The molecule has 0 atom stereocenters. The van der Waals surface area contributed by atoms with Crippen LogP contribution in [-0.2, 0) is 19.1 Å². The molecule has 0 radical (unpaired) electrons. The number of fused-ring (bicyclic) bond motifs is 2. The van der Waals surface area contributed by atoms with Crippen molar-refractivity contribution >= 4 is 16.9 Å². The number of imidazole rings is 1. The summed E-state index contributed by atoms with van der Waals surface area (Å²) in [4.78, 5) is 18.0. The number of aromatic nitrogens is 2.